The fourth-order valence-electron chi connectivity index (χ4n) is 1.07. The van der Waals surface area contributed by atoms with Crippen LogP contribution in [0.4, 0.5) is 0 Å². The topological polar surface area (TPSA) is 57.6 Å². The fraction of sp³-hybridized carbons (Fsp3) is 0.200. The van der Waals surface area contributed by atoms with Gasteiger partial charge >= 0.3 is 0 Å². The molecule has 4 nitrogen and oxygen atoms in total. The lowest BCUT2D eigenvalue weighted by Crippen LogP contribution is -2.34. The number of carbonyl (C=O) groups is 2. The van der Waals surface area contributed by atoms with E-state index in [1.165, 1.54) is 6.07 Å². The molecule has 2 amide bonds. The number of imide groups is 1. The highest BCUT2D eigenvalue weighted by Gasteiger charge is 2.25. The van der Waals surface area contributed by atoms with Crippen LogP contribution in [0.15, 0.2) is 24.3 Å². The molecule has 1 aromatic carbocycles. The molecule has 0 saturated carbocycles. The van der Waals surface area contributed by atoms with Crippen molar-refractivity contribution in [2.75, 3.05) is 0 Å². The summed E-state index contributed by atoms with van der Waals surface area (Å²) in [6.45, 7) is 1.06. The molecule has 0 saturated heterocycles. The predicted molar refractivity (Wildman–Crippen MR) is 59.4 cm³/mol. The Hall–Kier alpha value is -1.10. The van der Waals surface area contributed by atoms with Gasteiger partial charge in [0.15, 0.2) is 0 Å². The molecule has 0 heterocycles. The number of nitrogens with zero attached hydrogens (tertiary/aromatic N) is 1. The van der Waals surface area contributed by atoms with Gasteiger partial charge < -0.3 is 0 Å². The zero-order valence-corrected chi connectivity index (χ0v) is 9.87. The van der Waals surface area contributed by atoms with Crippen LogP contribution in [-0.4, -0.2) is 22.1 Å². The van der Waals surface area contributed by atoms with Crippen LogP contribution >= 0.6 is 23.2 Å². The van der Waals surface area contributed by atoms with Crippen molar-refractivity contribution >= 4 is 35.0 Å². The van der Waals surface area contributed by atoms with Gasteiger partial charge in [0, 0.05) is 11.9 Å². The third-order valence-corrected chi connectivity index (χ3v) is 2.54. The molecular formula is C10H9Cl2NO3. The van der Waals surface area contributed by atoms with Crippen molar-refractivity contribution in [1.82, 2.24) is 5.06 Å². The lowest BCUT2D eigenvalue weighted by molar-refractivity contribution is -0.177. The molecule has 86 valence electrons. The van der Waals surface area contributed by atoms with Crippen LogP contribution in [0, 0.1) is 0 Å². The van der Waals surface area contributed by atoms with Crippen molar-refractivity contribution in [3.8, 4) is 0 Å². The second kappa shape index (κ2) is 5.30. The summed E-state index contributed by atoms with van der Waals surface area (Å²) >= 11 is 11.5. The summed E-state index contributed by atoms with van der Waals surface area (Å²) in [5.74, 6) is -1.70. The number of hydroxylamine groups is 2. The quantitative estimate of drug-likeness (QED) is 0.505. The van der Waals surface area contributed by atoms with E-state index in [9.17, 15) is 9.59 Å². The third-order valence-electron chi connectivity index (χ3n) is 1.87. The maximum Gasteiger partial charge on any atom is 0.275 e. The lowest BCUT2D eigenvalue weighted by Gasteiger charge is -2.15. The standard InChI is InChI=1S/C10H9Cl2NO3/c1-6(14)13(16)10(15)9(12)7-3-2-4-8(11)5-7/h2-5,9,16H,1H3. The van der Waals surface area contributed by atoms with Gasteiger partial charge in [-0.2, -0.15) is 5.06 Å². The summed E-state index contributed by atoms with van der Waals surface area (Å²) in [5, 5.41) is 8.37. The van der Waals surface area contributed by atoms with Crippen LogP contribution in [0.2, 0.25) is 5.02 Å². The van der Waals surface area contributed by atoms with Crippen LogP contribution < -0.4 is 0 Å². The average Bonchev–Trinajstić information content (AvgIpc) is 2.26. The number of alkyl halides is 1. The van der Waals surface area contributed by atoms with E-state index in [0.29, 0.717) is 10.6 Å². The Morgan fingerprint density at radius 1 is 1.44 bits per heavy atom. The Bertz CT molecular complexity index is 422. The Morgan fingerprint density at radius 2 is 2.06 bits per heavy atom. The normalized spacial score (nSPS) is 12.0. The van der Waals surface area contributed by atoms with Gasteiger partial charge in [-0.1, -0.05) is 23.7 Å². The highest BCUT2D eigenvalue weighted by atomic mass is 35.5. The Labute approximate surface area is 102 Å². The summed E-state index contributed by atoms with van der Waals surface area (Å²) in [5.41, 5.74) is 0.416. The van der Waals surface area contributed by atoms with E-state index in [1.807, 2.05) is 0 Å². The number of hydrogen-bond donors (Lipinski definition) is 1. The second-order valence-electron chi connectivity index (χ2n) is 3.09. The van der Waals surface area contributed by atoms with E-state index in [-0.39, 0.29) is 5.06 Å². The van der Waals surface area contributed by atoms with Crippen LogP contribution in [0.25, 0.3) is 0 Å². The van der Waals surface area contributed by atoms with E-state index in [4.69, 9.17) is 28.4 Å². The third kappa shape index (κ3) is 2.95. The number of hydrogen-bond acceptors (Lipinski definition) is 3. The number of carbonyl (C=O) groups excluding carboxylic acids is 2. The van der Waals surface area contributed by atoms with Crippen LogP contribution in [0.5, 0.6) is 0 Å². The SMILES string of the molecule is CC(=O)N(O)C(=O)C(Cl)c1cccc(Cl)c1. The first-order chi connectivity index (χ1) is 7.43. The molecule has 0 aliphatic heterocycles. The molecule has 0 spiro atoms. The van der Waals surface area contributed by atoms with Gasteiger partial charge in [-0.25, -0.2) is 0 Å². The Balaban J connectivity index is 2.90. The lowest BCUT2D eigenvalue weighted by atomic mass is 10.1. The van der Waals surface area contributed by atoms with Gasteiger partial charge in [0.25, 0.3) is 5.91 Å². The predicted octanol–water partition coefficient (Wildman–Crippen LogP) is 2.38. The first-order valence-corrected chi connectivity index (χ1v) is 5.18. The minimum atomic E-state index is -1.15. The summed E-state index contributed by atoms with van der Waals surface area (Å²) in [7, 11) is 0. The summed E-state index contributed by atoms with van der Waals surface area (Å²) in [4.78, 5) is 22.2. The van der Waals surface area contributed by atoms with Gasteiger partial charge in [-0.15, -0.1) is 11.6 Å². The van der Waals surface area contributed by atoms with Crippen molar-refractivity contribution in [2.45, 2.75) is 12.3 Å². The second-order valence-corrected chi connectivity index (χ2v) is 3.96. The van der Waals surface area contributed by atoms with Crippen molar-refractivity contribution < 1.29 is 14.8 Å². The molecule has 0 aliphatic rings. The monoisotopic (exact) mass is 261 g/mol. The molecule has 1 unspecified atom stereocenters. The molecule has 0 radical (unpaired) electrons. The summed E-state index contributed by atoms with van der Waals surface area (Å²) in [6, 6.07) is 6.32. The molecule has 1 aromatic rings. The largest absolute Gasteiger partial charge is 0.278 e. The van der Waals surface area contributed by atoms with Crippen LogP contribution in [0.1, 0.15) is 17.9 Å². The number of benzene rings is 1. The van der Waals surface area contributed by atoms with E-state index in [2.05, 4.69) is 0 Å². The maximum absolute atomic E-state index is 11.5. The van der Waals surface area contributed by atoms with Crippen molar-refractivity contribution in [1.29, 1.82) is 0 Å². The van der Waals surface area contributed by atoms with Crippen LogP contribution in [0.3, 0.4) is 0 Å². The average molecular weight is 262 g/mol. The molecule has 0 aromatic heterocycles. The van der Waals surface area contributed by atoms with Gasteiger partial charge in [0.05, 0.1) is 0 Å². The Kier molecular flexibility index (Phi) is 4.29. The highest BCUT2D eigenvalue weighted by molar-refractivity contribution is 6.33. The molecule has 6 heteroatoms. The van der Waals surface area contributed by atoms with E-state index in [1.54, 1.807) is 18.2 Å². The number of amides is 2. The molecule has 0 bridgehead atoms. The first kappa shape index (κ1) is 13.0. The zero-order chi connectivity index (χ0) is 12.3. The summed E-state index contributed by atoms with van der Waals surface area (Å²) in [6.07, 6.45) is 0. The molecule has 0 fully saturated rings. The molecular weight excluding hydrogens is 253 g/mol. The molecule has 1 N–H and O–H groups in total. The van der Waals surface area contributed by atoms with Crippen LogP contribution in [-0.2, 0) is 9.59 Å². The van der Waals surface area contributed by atoms with Gasteiger partial charge in [-0.3, -0.25) is 14.8 Å². The van der Waals surface area contributed by atoms with Crippen molar-refractivity contribution in [3.63, 3.8) is 0 Å². The smallest absolute Gasteiger partial charge is 0.275 e. The maximum atomic E-state index is 11.5. The van der Waals surface area contributed by atoms with E-state index in [0.717, 1.165) is 6.92 Å². The van der Waals surface area contributed by atoms with E-state index < -0.39 is 17.2 Å². The van der Waals surface area contributed by atoms with E-state index >= 15 is 0 Å². The zero-order valence-electron chi connectivity index (χ0n) is 8.35. The van der Waals surface area contributed by atoms with Gasteiger partial charge in [-0.05, 0) is 17.7 Å². The van der Waals surface area contributed by atoms with Crippen molar-refractivity contribution in [3.05, 3.63) is 34.9 Å². The highest BCUT2D eigenvalue weighted by Crippen LogP contribution is 2.24. The fourth-order valence-corrected chi connectivity index (χ4v) is 1.50. The molecule has 0 aliphatic carbocycles. The minimum absolute atomic E-state index is 0.0153. The number of rotatable bonds is 2. The van der Waals surface area contributed by atoms with Gasteiger partial charge in [0.2, 0.25) is 5.91 Å². The first-order valence-electron chi connectivity index (χ1n) is 4.36. The molecule has 16 heavy (non-hydrogen) atoms. The molecule has 1 atom stereocenters. The summed E-state index contributed by atoms with van der Waals surface area (Å²) < 4.78 is 0. The van der Waals surface area contributed by atoms with Gasteiger partial charge in [0.1, 0.15) is 5.38 Å². The van der Waals surface area contributed by atoms with Crippen molar-refractivity contribution in [2.24, 2.45) is 0 Å². The molecule has 1 rings (SSSR count). The number of halogens is 2. The Morgan fingerprint density at radius 3 is 2.56 bits per heavy atom. The minimum Gasteiger partial charge on any atom is -0.278 e.